The van der Waals surface area contributed by atoms with Crippen molar-refractivity contribution in [3.05, 3.63) is 46.7 Å². The van der Waals surface area contributed by atoms with E-state index in [4.69, 9.17) is 4.74 Å². The fourth-order valence-electron chi connectivity index (χ4n) is 1.38. The number of hydrogen-bond acceptors (Lipinski definition) is 4. The molecule has 1 heterocycles. The van der Waals surface area contributed by atoms with E-state index in [0.29, 0.717) is 16.4 Å². The van der Waals surface area contributed by atoms with Gasteiger partial charge >= 0.3 is 0 Å². The average Bonchev–Trinajstić information content (AvgIpc) is 2.77. The molecule has 0 saturated heterocycles. The molecule has 0 aliphatic carbocycles. The highest BCUT2D eigenvalue weighted by molar-refractivity contribution is 7.12. The van der Waals surface area contributed by atoms with Crippen molar-refractivity contribution in [3.63, 3.8) is 0 Å². The molecule has 2 rings (SSSR count). The second-order valence-electron chi connectivity index (χ2n) is 3.54. The number of nitrogens with one attached hydrogen (secondary N) is 1. The fourth-order valence-corrected chi connectivity index (χ4v) is 2.09. The highest BCUT2D eigenvalue weighted by Gasteiger charge is 2.15. The van der Waals surface area contributed by atoms with Crippen LogP contribution in [0.25, 0.3) is 0 Å². The predicted octanol–water partition coefficient (Wildman–Crippen LogP) is 2.82. The second kappa shape index (κ2) is 5.46. The standard InChI is InChI=1S/C13H11NO3S/c1-9(15)14-13(16)12-11(7-8-18-12)17-10-5-3-2-4-6-10/h2-8H,1H3,(H,14,15,16). The van der Waals surface area contributed by atoms with E-state index in [1.165, 1.54) is 18.3 Å². The third kappa shape index (κ3) is 2.95. The number of amides is 2. The summed E-state index contributed by atoms with van der Waals surface area (Å²) >= 11 is 1.23. The molecular formula is C13H11NO3S. The maximum Gasteiger partial charge on any atom is 0.271 e. The third-order valence-corrected chi connectivity index (χ3v) is 2.99. The molecule has 0 unspecified atom stereocenters. The lowest BCUT2D eigenvalue weighted by atomic mass is 10.3. The van der Waals surface area contributed by atoms with Gasteiger partial charge < -0.3 is 4.74 Å². The minimum absolute atomic E-state index is 0.383. The van der Waals surface area contributed by atoms with Gasteiger partial charge in [-0.25, -0.2) is 0 Å². The molecule has 0 atom stereocenters. The molecule has 0 bridgehead atoms. The Hall–Kier alpha value is -2.14. The molecule has 1 N–H and O–H groups in total. The van der Waals surface area contributed by atoms with Crippen molar-refractivity contribution in [2.75, 3.05) is 0 Å². The number of thiophene rings is 1. The average molecular weight is 261 g/mol. The predicted molar refractivity (Wildman–Crippen MR) is 69.0 cm³/mol. The summed E-state index contributed by atoms with van der Waals surface area (Å²) < 4.78 is 5.59. The fraction of sp³-hybridized carbons (Fsp3) is 0.0769. The summed E-state index contributed by atoms with van der Waals surface area (Å²) in [5.74, 6) is 0.264. The van der Waals surface area contributed by atoms with Crippen molar-refractivity contribution in [2.24, 2.45) is 0 Å². The SMILES string of the molecule is CC(=O)NC(=O)c1sccc1Oc1ccccc1. The van der Waals surface area contributed by atoms with Gasteiger partial charge in [0.15, 0.2) is 5.75 Å². The van der Waals surface area contributed by atoms with E-state index >= 15 is 0 Å². The van der Waals surface area contributed by atoms with Crippen LogP contribution in [0.2, 0.25) is 0 Å². The summed E-state index contributed by atoms with van der Waals surface area (Å²) in [7, 11) is 0. The number of carbonyl (C=O) groups excluding carboxylic acids is 2. The van der Waals surface area contributed by atoms with Gasteiger partial charge in [0.05, 0.1) is 0 Å². The van der Waals surface area contributed by atoms with Gasteiger partial charge in [-0.05, 0) is 23.6 Å². The van der Waals surface area contributed by atoms with E-state index in [1.54, 1.807) is 23.6 Å². The summed E-state index contributed by atoms with van der Waals surface area (Å²) in [6.07, 6.45) is 0. The summed E-state index contributed by atoms with van der Waals surface area (Å²) in [5.41, 5.74) is 0. The monoisotopic (exact) mass is 261 g/mol. The van der Waals surface area contributed by atoms with Gasteiger partial charge in [0.1, 0.15) is 10.6 Å². The molecule has 92 valence electrons. The molecule has 1 aromatic carbocycles. The summed E-state index contributed by atoms with van der Waals surface area (Å²) in [4.78, 5) is 23.0. The number of imide groups is 1. The molecule has 0 fully saturated rings. The van der Waals surface area contributed by atoms with Gasteiger partial charge in [0.25, 0.3) is 5.91 Å². The van der Waals surface area contributed by atoms with Crippen molar-refractivity contribution in [3.8, 4) is 11.5 Å². The van der Waals surface area contributed by atoms with E-state index in [-0.39, 0.29) is 5.91 Å². The smallest absolute Gasteiger partial charge is 0.271 e. The Morgan fingerprint density at radius 3 is 2.56 bits per heavy atom. The first-order valence-electron chi connectivity index (χ1n) is 5.29. The molecular weight excluding hydrogens is 250 g/mol. The Morgan fingerprint density at radius 2 is 1.89 bits per heavy atom. The molecule has 0 aliphatic heterocycles. The van der Waals surface area contributed by atoms with Crippen molar-refractivity contribution in [1.82, 2.24) is 5.32 Å². The van der Waals surface area contributed by atoms with E-state index in [1.807, 2.05) is 18.2 Å². The number of hydrogen-bond donors (Lipinski definition) is 1. The zero-order valence-corrected chi connectivity index (χ0v) is 10.5. The first-order chi connectivity index (χ1) is 8.66. The van der Waals surface area contributed by atoms with E-state index in [9.17, 15) is 9.59 Å². The molecule has 0 spiro atoms. The molecule has 5 heteroatoms. The molecule has 1 aromatic heterocycles. The van der Waals surface area contributed by atoms with Crippen LogP contribution in [0.4, 0.5) is 0 Å². The molecule has 2 aromatic rings. The zero-order chi connectivity index (χ0) is 13.0. The van der Waals surface area contributed by atoms with Gasteiger partial charge in [0, 0.05) is 6.92 Å². The van der Waals surface area contributed by atoms with Crippen LogP contribution in [0.3, 0.4) is 0 Å². The Bertz CT molecular complexity index is 563. The highest BCUT2D eigenvalue weighted by atomic mass is 32.1. The first-order valence-corrected chi connectivity index (χ1v) is 6.17. The molecule has 2 amide bonds. The zero-order valence-electron chi connectivity index (χ0n) is 9.67. The topological polar surface area (TPSA) is 55.4 Å². The van der Waals surface area contributed by atoms with Gasteiger partial charge in [-0.3, -0.25) is 14.9 Å². The minimum Gasteiger partial charge on any atom is -0.456 e. The van der Waals surface area contributed by atoms with Crippen molar-refractivity contribution in [2.45, 2.75) is 6.92 Å². The van der Waals surface area contributed by atoms with Crippen molar-refractivity contribution in [1.29, 1.82) is 0 Å². The van der Waals surface area contributed by atoms with Crippen LogP contribution < -0.4 is 10.1 Å². The van der Waals surface area contributed by atoms with Crippen LogP contribution in [0.5, 0.6) is 11.5 Å². The lowest BCUT2D eigenvalue weighted by Crippen LogP contribution is -2.27. The first kappa shape index (κ1) is 12.3. The Kier molecular flexibility index (Phi) is 3.74. The normalized spacial score (nSPS) is 9.83. The largest absolute Gasteiger partial charge is 0.456 e. The molecule has 18 heavy (non-hydrogen) atoms. The van der Waals surface area contributed by atoms with Crippen LogP contribution >= 0.6 is 11.3 Å². The number of carbonyl (C=O) groups is 2. The Morgan fingerprint density at radius 1 is 1.17 bits per heavy atom. The molecule has 4 nitrogen and oxygen atoms in total. The lowest BCUT2D eigenvalue weighted by Gasteiger charge is -2.05. The number of para-hydroxylation sites is 1. The van der Waals surface area contributed by atoms with Crippen LogP contribution in [-0.2, 0) is 4.79 Å². The van der Waals surface area contributed by atoms with Crippen molar-refractivity contribution < 1.29 is 14.3 Å². The van der Waals surface area contributed by atoms with Crippen molar-refractivity contribution >= 4 is 23.2 Å². The maximum absolute atomic E-state index is 11.7. The number of rotatable bonds is 3. The van der Waals surface area contributed by atoms with Crippen LogP contribution in [-0.4, -0.2) is 11.8 Å². The summed E-state index contributed by atoms with van der Waals surface area (Å²) in [5, 5.41) is 3.97. The Balaban J connectivity index is 2.18. The summed E-state index contributed by atoms with van der Waals surface area (Å²) in [6, 6.07) is 10.9. The van der Waals surface area contributed by atoms with Crippen LogP contribution in [0.15, 0.2) is 41.8 Å². The van der Waals surface area contributed by atoms with E-state index in [0.717, 1.165) is 0 Å². The minimum atomic E-state index is -0.441. The van der Waals surface area contributed by atoms with Gasteiger partial charge in [-0.2, -0.15) is 0 Å². The Labute approximate surface area is 108 Å². The number of benzene rings is 1. The molecule has 0 saturated carbocycles. The number of ether oxygens (including phenoxy) is 1. The van der Waals surface area contributed by atoms with Gasteiger partial charge in [-0.1, -0.05) is 18.2 Å². The van der Waals surface area contributed by atoms with Crippen LogP contribution in [0, 0.1) is 0 Å². The van der Waals surface area contributed by atoms with E-state index in [2.05, 4.69) is 5.32 Å². The molecule has 0 aliphatic rings. The molecule has 0 radical (unpaired) electrons. The third-order valence-electron chi connectivity index (χ3n) is 2.10. The lowest BCUT2D eigenvalue weighted by molar-refractivity contribution is -0.118. The maximum atomic E-state index is 11.7. The van der Waals surface area contributed by atoms with Gasteiger partial charge in [0.2, 0.25) is 5.91 Å². The quantitative estimate of drug-likeness (QED) is 0.924. The van der Waals surface area contributed by atoms with Crippen LogP contribution in [0.1, 0.15) is 16.6 Å². The summed E-state index contributed by atoms with van der Waals surface area (Å²) in [6.45, 7) is 1.29. The van der Waals surface area contributed by atoms with Gasteiger partial charge in [-0.15, -0.1) is 11.3 Å². The highest BCUT2D eigenvalue weighted by Crippen LogP contribution is 2.29. The van der Waals surface area contributed by atoms with E-state index < -0.39 is 5.91 Å². The second-order valence-corrected chi connectivity index (χ2v) is 4.46.